The Bertz CT molecular complexity index is 735. The molecule has 0 unspecified atom stereocenters. The van der Waals surface area contributed by atoms with Crippen LogP contribution in [0.1, 0.15) is 27.0 Å². The van der Waals surface area contributed by atoms with E-state index in [2.05, 4.69) is 0 Å². The molecule has 0 aromatic heterocycles. The van der Waals surface area contributed by atoms with E-state index in [0.29, 0.717) is 22.4 Å². The monoisotopic (exact) mass is 285 g/mol. The lowest BCUT2D eigenvalue weighted by molar-refractivity contribution is 0.0695. The number of ether oxygens (including phenoxy) is 1. The third-order valence-electron chi connectivity index (χ3n) is 3.09. The normalized spacial score (nSPS) is 9.95. The van der Waals surface area contributed by atoms with E-state index in [1.807, 2.05) is 6.07 Å². The van der Waals surface area contributed by atoms with E-state index in [0.717, 1.165) is 0 Å². The first-order valence-electron chi connectivity index (χ1n) is 6.17. The minimum absolute atomic E-state index is 0.00936. The number of nitrogens with zero attached hydrogens (tertiary/aromatic N) is 1. The van der Waals surface area contributed by atoms with Crippen LogP contribution in [0.15, 0.2) is 36.4 Å². The molecular weight excluding hydrogens is 273 g/mol. The van der Waals surface area contributed by atoms with Crippen molar-refractivity contribution in [2.24, 2.45) is 0 Å². The second kappa shape index (κ2) is 6.06. The van der Waals surface area contributed by atoms with Gasteiger partial charge >= 0.3 is 5.97 Å². The summed E-state index contributed by atoms with van der Waals surface area (Å²) >= 11 is 0. The molecule has 5 heteroatoms. The fourth-order valence-electron chi connectivity index (χ4n) is 1.95. The van der Waals surface area contributed by atoms with Gasteiger partial charge in [0.1, 0.15) is 18.2 Å². The maximum atomic E-state index is 13.2. The summed E-state index contributed by atoms with van der Waals surface area (Å²) in [6.45, 7) is 1.63. The summed E-state index contributed by atoms with van der Waals surface area (Å²) in [6, 6.07) is 10.5. The zero-order chi connectivity index (χ0) is 15.4. The molecule has 0 heterocycles. The molecule has 0 atom stereocenters. The van der Waals surface area contributed by atoms with Crippen LogP contribution in [0.2, 0.25) is 0 Å². The summed E-state index contributed by atoms with van der Waals surface area (Å²) < 4.78 is 18.7. The zero-order valence-corrected chi connectivity index (χ0v) is 11.3. The van der Waals surface area contributed by atoms with Gasteiger partial charge in [0.25, 0.3) is 0 Å². The summed E-state index contributed by atoms with van der Waals surface area (Å²) in [6.07, 6.45) is 0. The molecule has 2 rings (SSSR count). The second-order valence-electron chi connectivity index (χ2n) is 4.44. The van der Waals surface area contributed by atoms with Gasteiger partial charge in [0.2, 0.25) is 0 Å². The van der Waals surface area contributed by atoms with Crippen LogP contribution in [0.25, 0.3) is 0 Å². The minimum atomic E-state index is -1.04. The highest BCUT2D eigenvalue weighted by molar-refractivity contribution is 5.90. The molecule has 0 amide bonds. The molecular formula is C16H12FNO3. The van der Waals surface area contributed by atoms with Crippen molar-refractivity contribution in [3.05, 3.63) is 64.5 Å². The van der Waals surface area contributed by atoms with Crippen LogP contribution in [0.4, 0.5) is 4.39 Å². The molecule has 0 saturated carbocycles. The van der Waals surface area contributed by atoms with Crippen molar-refractivity contribution in [3.63, 3.8) is 0 Å². The number of hydrogen-bond acceptors (Lipinski definition) is 3. The van der Waals surface area contributed by atoms with Gasteiger partial charge in [-0.2, -0.15) is 5.26 Å². The molecule has 0 spiro atoms. The molecule has 21 heavy (non-hydrogen) atoms. The fraction of sp³-hybridized carbons (Fsp3) is 0.125. The maximum Gasteiger partial charge on any atom is 0.336 e. The molecule has 106 valence electrons. The predicted molar refractivity (Wildman–Crippen MR) is 73.6 cm³/mol. The van der Waals surface area contributed by atoms with E-state index >= 15 is 0 Å². The Kier molecular flexibility index (Phi) is 4.19. The molecule has 1 N–H and O–H groups in total. The first-order valence-corrected chi connectivity index (χ1v) is 6.17. The summed E-state index contributed by atoms with van der Waals surface area (Å²) in [5.74, 6) is -1.10. The Labute approximate surface area is 121 Å². The number of nitriles is 1. The molecule has 4 nitrogen and oxygen atoms in total. The summed E-state index contributed by atoms with van der Waals surface area (Å²) in [5.41, 5.74) is 1.37. The SMILES string of the molecule is Cc1c(OCc2cc(F)ccc2C#N)cccc1C(=O)O. The Balaban J connectivity index is 2.25. The van der Waals surface area contributed by atoms with Gasteiger partial charge in [-0.3, -0.25) is 0 Å². The highest BCUT2D eigenvalue weighted by Crippen LogP contribution is 2.23. The highest BCUT2D eigenvalue weighted by atomic mass is 19.1. The van der Waals surface area contributed by atoms with Gasteiger partial charge in [-0.25, -0.2) is 9.18 Å². The smallest absolute Gasteiger partial charge is 0.336 e. The quantitative estimate of drug-likeness (QED) is 0.935. The average molecular weight is 285 g/mol. The van der Waals surface area contributed by atoms with E-state index in [4.69, 9.17) is 15.1 Å². The number of benzene rings is 2. The Morgan fingerprint density at radius 3 is 2.81 bits per heavy atom. The van der Waals surface area contributed by atoms with Crippen LogP contribution in [-0.2, 0) is 6.61 Å². The number of rotatable bonds is 4. The third kappa shape index (κ3) is 3.18. The van der Waals surface area contributed by atoms with Crippen LogP contribution in [0.5, 0.6) is 5.75 Å². The molecule has 0 aliphatic rings. The summed E-state index contributed by atoms with van der Waals surface area (Å²) in [7, 11) is 0. The Morgan fingerprint density at radius 2 is 2.14 bits per heavy atom. The van der Waals surface area contributed by atoms with Gasteiger partial charge in [0.15, 0.2) is 0 Å². The van der Waals surface area contributed by atoms with Gasteiger partial charge in [-0.05, 0) is 37.3 Å². The number of carboxylic acids is 1. The molecule has 2 aromatic carbocycles. The minimum Gasteiger partial charge on any atom is -0.489 e. The van der Waals surface area contributed by atoms with E-state index in [9.17, 15) is 9.18 Å². The fourth-order valence-corrected chi connectivity index (χ4v) is 1.95. The van der Waals surface area contributed by atoms with Crippen LogP contribution in [-0.4, -0.2) is 11.1 Å². The molecule has 2 aromatic rings. The second-order valence-corrected chi connectivity index (χ2v) is 4.44. The lowest BCUT2D eigenvalue weighted by atomic mass is 10.1. The van der Waals surface area contributed by atoms with E-state index in [1.54, 1.807) is 19.1 Å². The maximum absolute atomic E-state index is 13.2. The van der Waals surface area contributed by atoms with Crippen molar-refractivity contribution >= 4 is 5.97 Å². The largest absolute Gasteiger partial charge is 0.489 e. The number of aromatic carboxylic acids is 1. The first kappa shape index (κ1) is 14.5. The van der Waals surface area contributed by atoms with Crippen LogP contribution in [0.3, 0.4) is 0 Å². The number of carbonyl (C=O) groups is 1. The molecule has 0 aliphatic heterocycles. The Morgan fingerprint density at radius 1 is 1.38 bits per heavy atom. The summed E-state index contributed by atoms with van der Waals surface area (Å²) in [4.78, 5) is 11.0. The zero-order valence-electron chi connectivity index (χ0n) is 11.3. The van der Waals surface area contributed by atoms with Crippen molar-refractivity contribution in [2.45, 2.75) is 13.5 Å². The Hall–Kier alpha value is -2.87. The van der Waals surface area contributed by atoms with Gasteiger partial charge in [0, 0.05) is 11.1 Å². The topological polar surface area (TPSA) is 70.3 Å². The van der Waals surface area contributed by atoms with Crippen LogP contribution >= 0.6 is 0 Å². The van der Waals surface area contributed by atoms with Crippen molar-refractivity contribution in [3.8, 4) is 11.8 Å². The molecule has 0 fully saturated rings. The van der Waals surface area contributed by atoms with Gasteiger partial charge in [0.05, 0.1) is 17.2 Å². The van der Waals surface area contributed by atoms with Gasteiger partial charge in [-0.1, -0.05) is 6.07 Å². The first-order chi connectivity index (χ1) is 10.0. The summed E-state index contributed by atoms with van der Waals surface area (Å²) in [5, 5.41) is 18.0. The van der Waals surface area contributed by atoms with Gasteiger partial charge < -0.3 is 9.84 Å². The number of carboxylic acid groups (broad SMARTS) is 1. The standard InChI is InChI=1S/C16H12FNO3/c1-10-14(16(19)20)3-2-4-15(10)21-9-12-7-13(17)6-5-11(12)8-18/h2-7H,9H2,1H3,(H,19,20). The number of halogens is 1. The molecule has 0 aliphatic carbocycles. The van der Waals surface area contributed by atoms with E-state index in [-0.39, 0.29) is 12.2 Å². The van der Waals surface area contributed by atoms with Crippen molar-refractivity contribution in [1.82, 2.24) is 0 Å². The molecule has 0 radical (unpaired) electrons. The van der Waals surface area contributed by atoms with Crippen LogP contribution in [0, 0.1) is 24.1 Å². The predicted octanol–water partition coefficient (Wildman–Crippen LogP) is 3.28. The van der Waals surface area contributed by atoms with Gasteiger partial charge in [-0.15, -0.1) is 0 Å². The lowest BCUT2D eigenvalue weighted by Gasteiger charge is -2.11. The van der Waals surface area contributed by atoms with E-state index < -0.39 is 11.8 Å². The molecule has 0 bridgehead atoms. The van der Waals surface area contributed by atoms with Crippen LogP contribution < -0.4 is 4.74 Å². The van der Waals surface area contributed by atoms with Crippen molar-refractivity contribution < 1.29 is 19.0 Å². The van der Waals surface area contributed by atoms with E-state index in [1.165, 1.54) is 24.3 Å². The lowest BCUT2D eigenvalue weighted by Crippen LogP contribution is -2.04. The van der Waals surface area contributed by atoms with Crippen molar-refractivity contribution in [2.75, 3.05) is 0 Å². The third-order valence-corrected chi connectivity index (χ3v) is 3.09. The van der Waals surface area contributed by atoms with Crippen molar-refractivity contribution in [1.29, 1.82) is 5.26 Å². The average Bonchev–Trinajstić information content (AvgIpc) is 2.46. The number of hydrogen-bond donors (Lipinski definition) is 1. The highest BCUT2D eigenvalue weighted by Gasteiger charge is 2.12. The molecule has 0 saturated heterocycles.